The summed E-state index contributed by atoms with van der Waals surface area (Å²) in [6.45, 7) is 1.41. The second-order valence-corrected chi connectivity index (χ2v) is 7.09. The maximum absolute atomic E-state index is 12.8. The molecule has 0 unspecified atom stereocenters. The quantitative estimate of drug-likeness (QED) is 0.549. The summed E-state index contributed by atoms with van der Waals surface area (Å²) in [6.07, 6.45) is 8.99. The number of nitrogens with zero attached hydrogens (tertiary/aromatic N) is 4. The van der Waals surface area contributed by atoms with E-state index in [-0.39, 0.29) is 11.8 Å². The van der Waals surface area contributed by atoms with E-state index in [1.807, 2.05) is 17.2 Å². The summed E-state index contributed by atoms with van der Waals surface area (Å²) < 4.78 is 5.76. The molecular formula is C18H19N5O2S. The van der Waals surface area contributed by atoms with E-state index in [0.29, 0.717) is 23.2 Å². The number of imidazole rings is 1. The fourth-order valence-electron chi connectivity index (χ4n) is 3.11. The van der Waals surface area contributed by atoms with Crippen molar-refractivity contribution in [2.45, 2.75) is 29.7 Å². The molecule has 3 aromatic heterocycles. The van der Waals surface area contributed by atoms with Gasteiger partial charge in [-0.3, -0.25) is 4.79 Å². The Bertz CT molecular complexity index is 850. The number of carbonyl (C=O) groups is 1. The van der Waals surface area contributed by atoms with Crippen molar-refractivity contribution in [1.29, 1.82) is 0 Å². The number of H-pyrrole nitrogens is 1. The van der Waals surface area contributed by atoms with Gasteiger partial charge >= 0.3 is 0 Å². The first-order chi connectivity index (χ1) is 12.8. The molecule has 1 saturated heterocycles. The maximum Gasteiger partial charge on any atom is 0.289 e. The number of thioether (sulfide) groups is 1. The highest BCUT2D eigenvalue weighted by Crippen LogP contribution is 2.26. The van der Waals surface area contributed by atoms with E-state index < -0.39 is 0 Å². The zero-order valence-electron chi connectivity index (χ0n) is 14.2. The Labute approximate surface area is 155 Å². The van der Waals surface area contributed by atoms with Crippen LogP contribution in [-0.2, 0) is 5.75 Å². The molecule has 0 spiro atoms. The molecule has 1 fully saturated rings. The fourth-order valence-corrected chi connectivity index (χ4v) is 3.80. The molecule has 26 heavy (non-hydrogen) atoms. The number of rotatable bonds is 5. The molecule has 1 aliphatic heterocycles. The number of amides is 1. The van der Waals surface area contributed by atoms with Gasteiger partial charge in [0.05, 0.1) is 5.75 Å². The van der Waals surface area contributed by atoms with Gasteiger partial charge in [0.1, 0.15) is 11.6 Å². The van der Waals surface area contributed by atoms with Crippen LogP contribution < -0.4 is 0 Å². The summed E-state index contributed by atoms with van der Waals surface area (Å²) >= 11 is 1.48. The van der Waals surface area contributed by atoms with E-state index in [9.17, 15) is 4.79 Å². The van der Waals surface area contributed by atoms with E-state index in [2.05, 4.69) is 19.9 Å². The van der Waals surface area contributed by atoms with Crippen molar-refractivity contribution in [2.24, 2.45) is 0 Å². The minimum absolute atomic E-state index is 0.0616. The third-order valence-corrected chi connectivity index (χ3v) is 5.27. The van der Waals surface area contributed by atoms with Gasteiger partial charge in [0.2, 0.25) is 0 Å². The van der Waals surface area contributed by atoms with Gasteiger partial charge in [-0.15, -0.1) is 0 Å². The Hall–Kier alpha value is -2.61. The van der Waals surface area contributed by atoms with Gasteiger partial charge in [-0.2, -0.15) is 0 Å². The number of piperidine rings is 1. The Morgan fingerprint density at radius 3 is 2.96 bits per heavy atom. The van der Waals surface area contributed by atoms with Crippen LogP contribution in [0, 0.1) is 0 Å². The number of carbonyl (C=O) groups excluding carboxylic acids is 1. The van der Waals surface area contributed by atoms with E-state index in [0.717, 1.165) is 31.0 Å². The highest BCUT2D eigenvalue weighted by Gasteiger charge is 2.28. The van der Waals surface area contributed by atoms with Gasteiger partial charge in [0.25, 0.3) is 5.91 Å². The molecular weight excluding hydrogens is 350 g/mol. The van der Waals surface area contributed by atoms with Crippen LogP contribution in [0.4, 0.5) is 0 Å². The Kier molecular flexibility index (Phi) is 5.01. The molecule has 134 valence electrons. The first kappa shape index (κ1) is 16.8. The third kappa shape index (κ3) is 3.80. The molecule has 0 bridgehead atoms. The summed E-state index contributed by atoms with van der Waals surface area (Å²) in [7, 11) is 0. The van der Waals surface area contributed by atoms with Crippen LogP contribution in [0.5, 0.6) is 0 Å². The topological polar surface area (TPSA) is 87.9 Å². The smallest absolute Gasteiger partial charge is 0.289 e. The highest BCUT2D eigenvalue weighted by atomic mass is 32.2. The first-order valence-corrected chi connectivity index (χ1v) is 9.55. The van der Waals surface area contributed by atoms with Crippen molar-refractivity contribution >= 4 is 17.7 Å². The fraction of sp³-hybridized carbons (Fsp3) is 0.333. The lowest BCUT2D eigenvalue weighted by atomic mass is 9.97. The number of aromatic amines is 1. The number of aromatic nitrogens is 4. The van der Waals surface area contributed by atoms with Gasteiger partial charge < -0.3 is 14.3 Å². The van der Waals surface area contributed by atoms with Gasteiger partial charge in [0, 0.05) is 43.8 Å². The number of hydrogen-bond donors (Lipinski definition) is 1. The van der Waals surface area contributed by atoms with Crippen molar-refractivity contribution in [3.8, 4) is 0 Å². The molecule has 1 amide bonds. The Morgan fingerprint density at radius 2 is 2.15 bits per heavy atom. The average molecular weight is 369 g/mol. The molecule has 7 nitrogen and oxygen atoms in total. The molecule has 0 radical (unpaired) electrons. The lowest BCUT2D eigenvalue weighted by Gasteiger charge is -2.31. The second kappa shape index (κ2) is 7.74. The van der Waals surface area contributed by atoms with Crippen LogP contribution in [0.3, 0.4) is 0 Å². The minimum Gasteiger partial charge on any atom is -0.455 e. The summed E-state index contributed by atoms with van der Waals surface area (Å²) in [6, 6.07) is 5.38. The lowest BCUT2D eigenvalue weighted by molar-refractivity contribution is 0.0671. The molecule has 0 aliphatic carbocycles. The van der Waals surface area contributed by atoms with Crippen molar-refractivity contribution in [3.05, 3.63) is 60.3 Å². The molecule has 8 heteroatoms. The monoisotopic (exact) mass is 369 g/mol. The number of nitrogens with one attached hydrogen (secondary N) is 1. The molecule has 0 saturated carbocycles. The van der Waals surface area contributed by atoms with Crippen molar-refractivity contribution < 1.29 is 9.21 Å². The van der Waals surface area contributed by atoms with Gasteiger partial charge in [-0.05, 0) is 31.0 Å². The zero-order valence-corrected chi connectivity index (χ0v) is 15.0. The van der Waals surface area contributed by atoms with Crippen LogP contribution in [0.25, 0.3) is 0 Å². The van der Waals surface area contributed by atoms with Crippen molar-refractivity contribution in [2.75, 3.05) is 13.1 Å². The van der Waals surface area contributed by atoms with Gasteiger partial charge in [0.15, 0.2) is 10.9 Å². The van der Waals surface area contributed by atoms with Crippen LogP contribution in [0.15, 0.2) is 52.6 Å². The van der Waals surface area contributed by atoms with E-state index >= 15 is 0 Å². The molecule has 1 N–H and O–H groups in total. The van der Waals surface area contributed by atoms with Crippen LogP contribution >= 0.6 is 11.8 Å². The van der Waals surface area contributed by atoms with E-state index in [4.69, 9.17) is 4.42 Å². The highest BCUT2D eigenvalue weighted by molar-refractivity contribution is 7.98. The Morgan fingerprint density at radius 1 is 1.27 bits per heavy atom. The average Bonchev–Trinajstić information content (AvgIpc) is 3.39. The van der Waals surface area contributed by atoms with Gasteiger partial charge in [-0.1, -0.05) is 11.8 Å². The van der Waals surface area contributed by atoms with Crippen LogP contribution in [-0.4, -0.2) is 43.8 Å². The van der Waals surface area contributed by atoms with Gasteiger partial charge in [-0.25, -0.2) is 15.0 Å². The summed E-state index contributed by atoms with van der Waals surface area (Å²) in [5.74, 6) is 2.85. The third-order valence-electron chi connectivity index (χ3n) is 4.37. The predicted octanol–water partition coefficient (Wildman–Crippen LogP) is 3.10. The minimum atomic E-state index is -0.0616. The summed E-state index contributed by atoms with van der Waals surface area (Å²) in [5.41, 5.74) is 0. The zero-order chi connectivity index (χ0) is 17.8. The van der Waals surface area contributed by atoms with E-state index in [1.165, 1.54) is 11.8 Å². The molecule has 4 rings (SSSR count). The predicted molar refractivity (Wildman–Crippen MR) is 96.8 cm³/mol. The number of furan rings is 1. The van der Waals surface area contributed by atoms with Crippen molar-refractivity contribution in [3.63, 3.8) is 0 Å². The number of hydrogen-bond acceptors (Lipinski definition) is 6. The molecule has 3 aromatic rings. The summed E-state index contributed by atoms with van der Waals surface area (Å²) in [5, 5.41) is 0.689. The summed E-state index contributed by atoms with van der Waals surface area (Å²) in [4.78, 5) is 30.4. The van der Waals surface area contributed by atoms with E-state index in [1.54, 1.807) is 30.7 Å². The van der Waals surface area contributed by atoms with Crippen molar-refractivity contribution in [1.82, 2.24) is 24.8 Å². The maximum atomic E-state index is 12.8. The second-order valence-electron chi connectivity index (χ2n) is 6.15. The SMILES string of the molecule is O=C(c1ccc(CSc2ncccn2)o1)N1CCC[C@@H](c2ncc[nH]2)C1. The largest absolute Gasteiger partial charge is 0.455 e. The standard InChI is InChI=1S/C18H19N5O2S/c24-17(23-10-1-3-13(11-23)16-19-8-9-20-16)15-5-4-14(25-15)12-26-18-21-6-2-7-22-18/h2,4-9,13H,1,3,10-12H2,(H,19,20)/t13-/m1/s1. The molecule has 4 heterocycles. The normalized spacial score (nSPS) is 17.4. The first-order valence-electron chi connectivity index (χ1n) is 8.56. The van der Waals surface area contributed by atoms with Crippen LogP contribution in [0.1, 0.15) is 40.9 Å². The molecule has 0 aromatic carbocycles. The molecule has 1 atom stereocenters. The lowest BCUT2D eigenvalue weighted by Crippen LogP contribution is -2.39. The Balaban J connectivity index is 1.38. The molecule has 1 aliphatic rings. The van der Waals surface area contributed by atoms with Crippen LogP contribution in [0.2, 0.25) is 0 Å². The number of likely N-dealkylation sites (tertiary alicyclic amines) is 1.